The topological polar surface area (TPSA) is 85.9 Å². The van der Waals surface area contributed by atoms with E-state index in [2.05, 4.69) is 5.16 Å². The molecule has 5 heteroatoms. The molecule has 0 saturated carbocycles. The van der Waals surface area contributed by atoms with Crippen molar-refractivity contribution in [1.82, 2.24) is 0 Å². The average Bonchev–Trinajstić information content (AvgIpc) is 2.56. The van der Waals surface area contributed by atoms with Crippen LogP contribution in [0.4, 0.5) is 0 Å². The molecule has 0 spiro atoms. The summed E-state index contributed by atoms with van der Waals surface area (Å²) in [6.45, 7) is 1.64. The number of nitrogens with zero attached hydrogens (tertiary/aromatic N) is 1. The third kappa shape index (κ3) is 1.40. The standard InChI is InChI=1S/C10H11NO4/c1-5-8-6(11-14)3-2-4-7(8)15-9(5)10(12)13/h14H,2-4H2,1H3,(H,12,13)/p-1. The molecule has 5 nitrogen and oxygen atoms in total. The molecule has 1 aliphatic carbocycles. The molecule has 15 heavy (non-hydrogen) atoms. The van der Waals surface area contributed by atoms with Crippen molar-refractivity contribution in [2.24, 2.45) is 5.16 Å². The van der Waals surface area contributed by atoms with E-state index < -0.39 is 5.97 Å². The Morgan fingerprint density at radius 3 is 2.87 bits per heavy atom. The van der Waals surface area contributed by atoms with Gasteiger partial charge in [-0.15, -0.1) is 0 Å². The van der Waals surface area contributed by atoms with Crippen LogP contribution in [-0.4, -0.2) is 16.8 Å². The van der Waals surface area contributed by atoms with E-state index in [1.54, 1.807) is 6.92 Å². The van der Waals surface area contributed by atoms with Gasteiger partial charge < -0.3 is 19.9 Å². The Balaban J connectivity index is 2.61. The zero-order valence-corrected chi connectivity index (χ0v) is 8.24. The SMILES string of the molecule is Cc1c(C(=O)O)oc2c1C(=N[O-])CCC2. The van der Waals surface area contributed by atoms with E-state index in [4.69, 9.17) is 9.52 Å². The highest BCUT2D eigenvalue weighted by atomic mass is 16.4. The van der Waals surface area contributed by atoms with E-state index in [1.807, 2.05) is 0 Å². The molecule has 1 aliphatic rings. The molecule has 0 fully saturated rings. The highest BCUT2D eigenvalue weighted by molar-refractivity contribution is 6.05. The van der Waals surface area contributed by atoms with Crippen LogP contribution in [0.3, 0.4) is 0 Å². The minimum Gasteiger partial charge on any atom is -0.792 e. The van der Waals surface area contributed by atoms with E-state index in [0.717, 1.165) is 6.42 Å². The molecule has 1 aromatic rings. The first-order valence-electron chi connectivity index (χ1n) is 4.70. The number of fused-ring (bicyclic) bond motifs is 1. The fourth-order valence-electron chi connectivity index (χ4n) is 1.96. The van der Waals surface area contributed by atoms with Gasteiger partial charge in [-0.05, 0) is 19.8 Å². The van der Waals surface area contributed by atoms with Gasteiger partial charge in [-0.1, -0.05) is 0 Å². The third-order valence-corrected chi connectivity index (χ3v) is 2.63. The van der Waals surface area contributed by atoms with Crippen LogP contribution in [0.5, 0.6) is 0 Å². The van der Waals surface area contributed by atoms with Crippen molar-refractivity contribution in [3.63, 3.8) is 0 Å². The molecule has 0 atom stereocenters. The summed E-state index contributed by atoms with van der Waals surface area (Å²) in [6, 6.07) is 0. The summed E-state index contributed by atoms with van der Waals surface area (Å²) in [5.41, 5.74) is 1.52. The van der Waals surface area contributed by atoms with Gasteiger partial charge in [-0.3, -0.25) is 0 Å². The lowest BCUT2D eigenvalue weighted by Gasteiger charge is -2.14. The Morgan fingerprint density at radius 1 is 1.53 bits per heavy atom. The molecule has 0 amide bonds. The Kier molecular flexibility index (Phi) is 2.22. The first kappa shape index (κ1) is 9.76. The summed E-state index contributed by atoms with van der Waals surface area (Å²) in [5, 5.41) is 22.4. The summed E-state index contributed by atoms with van der Waals surface area (Å²) in [5.74, 6) is -0.610. The lowest BCUT2D eigenvalue weighted by Crippen LogP contribution is -2.10. The molecule has 0 aromatic carbocycles. The molecular weight excluding hydrogens is 198 g/mol. The van der Waals surface area contributed by atoms with Crippen LogP contribution >= 0.6 is 0 Å². The highest BCUT2D eigenvalue weighted by Gasteiger charge is 2.26. The maximum Gasteiger partial charge on any atom is 0.372 e. The van der Waals surface area contributed by atoms with Gasteiger partial charge >= 0.3 is 5.97 Å². The fourth-order valence-corrected chi connectivity index (χ4v) is 1.96. The van der Waals surface area contributed by atoms with Crippen LogP contribution < -0.4 is 0 Å². The van der Waals surface area contributed by atoms with Gasteiger partial charge in [0.1, 0.15) is 5.76 Å². The smallest absolute Gasteiger partial charge is 0.372 e. The number of aromatic carboxylic acids is 1. The number of carboxylic acids is 1. The van der Waals surface area contributed by atoms with Gasteiger partial charge in [0, 0.05) is 23.3 Å². The minimum atomic E-state index is -1.10. The Hall–Kier alpha value is -1.78. The molecule has 0 aliphatic heterocycles. The second kappa shape index (κ2) is 3.42. The number of furan rings is 1. The maximum absolute atomic E-state index is 10.8. The number of carbonyl (C=O) groups is 1. The van der Waals surface area contributed by atoms with Crippen molar-refractivity contribution in [1.29, 1.82) is 0 Å². The molecule has 0 unspecified atom stereocenters. The van der Waals surface area contributed by atoms with Crippen LogP contribution in [-0.2, 0) is 6.42 Å². The Bertz CT molecular complexity index is 445. The lowest BCUT2D eigenvalue weighted by atomic mass is 9.93. The van der Waals surface area contributed by atoms with Crippen molar-refractivity contribution in [3.05, 3.63) is 27.9 Å². The summed E-state index contributed by atoms with van der Waals surface area (Å²) in [7, 11) is 0. The Morgan fingerprint density at radius 2 is 2.27 bits per heavy atom. The predicted molar refractivity (Wildman–Crippen MR) is 53.2 cm³/mol. The van der Waals surface area contributed by atoms with Crippen molar-refractivity contribution in [2.75, 3.05) is 0 Å². The summed E-state index contributed by atoms with van der Waals surface area (Å²) in [6.07, 6.45) is 2.04. The molecule has 80 valence electrons. The van der Waals surface area contributed by atoms with Crippen molar-refractivity contribution in [3.8, 4) is 0 Å². The Labute approximate surface area is 86.0 Å². The van der Waals surface area contributed by atoms with Gasteiger partial charge in [-0.25, -0.2) is 4.79 Å². The molecular formula is C10H10NO4-. The minimum absolute atomic E-state index is 0.0805. The van der Waals surface area contributed by atoms with Crippen molar-refractivity contribution in [2.45, 2.75) is 26.2 Å². The van der Waals surface area contributed by atoms with Crippen LogP contribution in [0.25, 0.3) is 0 Å². The van der Waals surface area contributed by atoms with E-state index in [0.29, 0.717) is 35.4 Å². The molecule has 1 heterocycles. The summed E-state index contributed by atoms with van der Waals surface area (Å²) in [4.78, 5) is 10.8. The fraction of sp³-hybridized carbons (Fsp3) is 0.400. The number of hydrogen-bond donors (Lipinski definition) is 1. The van der Waals surface area contributed by atoms with E-state index >= 15 is 0 Å². The quantitative estimate of drug-likeness (QED) is 0.714. The maximum atomic E-state index is 10.8. The van der Waals surface area contributed by atoms with Crippen LogP contribution in [0.2, 0.25) is 0 Å². The van der Waals surface area contributed by atoms with Gasteiger partial charge in [0.2, 0.25) is 5.76 Å². The van der Waals surface area contributed by atoms with E-state index in [-0.39, 0.29) is 5.76 Å². The van der Waals surface area contributed by atoms with Gasteiger partial charge in [-0.2, -0.15) is 0 Å². The number of carboxylic acid groups (broad SMARTS) is 1. The van der Waals surface area contributed by atoms with Crippen molar-refractivity contribution >= 4 is 11.7 Å². The first-order valence-corrected chi connectivity index (χ1v) is 4.70. The average molecular weight is 208 g/mol. The zero-order chi connectivity index (χ0) is 11.0. The molecule has 1 aromatic heterocycles. The number of aryl methyl sites for hydroxylation is 1. The molecule has 0 radical (unpaired) electrons. The summed E-state index contributed by atoms with van der Waals surface area (Å²) < 4.78 is 5.21. The molecule has 0 bridgehead atoms. The third-order valence-electron chi connectivity index (χ3n) is 2.63. The highest BCUT2D eigenvalue weighted by Crippen LogP contribution is 2.29. The largest absolute Gasteiger partial charge is 0.792 e. The molecule has 2 rings (SSSR count). The monoisotopic (exact) mass is 208 g/mol. The normalized spacial score (nSPS) is 17.8. The molecule has 1 N–H and O–H groups in total. The lowest BCUT2D eigenvalue weighted by molar-refractivity contribution is 0.0659. The number of rotatable bonds is 1. The molecule has 0 saturated heterocycles. The van der Waals surface area contributed by atoms with E-state index in [1.165, 1.54) is 0 Å². The van der Waals surface area contributed by atoms with Gasteiger partial charge in [0.25, 0.3) is 0 Å². The summed E-state index contributed by atoms with van der Waals surface area (Å²) >= 11 is 0. The van der Waals surface area contributed by atoms with Crippen LogP contribution in [0.1, 0.15) is 40.3 Å². The van der Waals surface area contributed by atoms with Crippen LogP contribution in [0.15, 0.2) is 9.57 Å². The van der Waals surface area contributed by atoms with Gasteiger partial charge in [0.15, 0.2) is 0 Å². The van der Waals surface area contributed by atoms with Crippen molar-refractivity contribution < 1.29 is 14.3 Å². The zero-order valence-electron chi connectivity index (χ0n) is 8.24. The van der Waals surface area contributed by atoms with E-state index in [9.17, 15) is 10.0 Å². The number of hydrogen-bond acceptors (Lipinski definition) is 4. The van der Waals surface area contributed by atoms with Crippen LogP contribution in [0, 0.1) is 12.1 Å². The second-order valence-electron chi connectivity index (χ2n) is 3.55. The second-order valence-corrected chi connectivity index (χ2v) is 3.55. The van der Waals surface area contributed by atoms with Gasteiger partial charge in [0.05, 0.1) is 0 Å². The first-order chi connectivity index (χ1) is 7.15. The predicted octanol–water partition coefficient (Wildman–Crippen LogP) is 1.91.